The minimum atomic E-state index is -0.179. The lowest BCUT2D eigenvalue weighted by Gasteiger charge is -2.04. The maximum absolute atomic E-state index is 13.6. The van der Waals surface area contributed by atoms with E-state index in [0.29, 0.717) is 18.4 Å². The van der Waals surface area contributed by atoms with Crippen molar-refractivity contribution in [1.82, 2.24) is 4.57 Å². The molecule has 0 bridgehead atoms. The molecular weight excluding hydrogens is 193 g/mol. The number of aliphatic hydroxyl groups is 1. The van der Waals surface area contributed by atoms with E-state index >= 15 is 0 Å². The highest BCUT2D eigenvalue weighted by atomic mass is 19.1. The maximum atomic E-state index is 13.6. The highest BCUT2D eigenvalue weighted by molar-refractivity contribution is 5.80. The van der Waals surface area contributed by atoms with E-state index in [1.165, 1.54) is 0 Å². The molecule has 0 saturated carbocycles. The Bertz CT molecular complexity index is 476. The molecule has 15 heavy (non-hydrogen) atoms. The molecular formula is C12H14FNO. The summed E-state index contributed by atoms with van der Waals surface area (Å²) in [6.07, 6.45) is 3.11. The largest absolute Gasteiger partial charge is 0.396 e. The van der Waals surface area contributed by atoms with Crippen molar-refractivity contribution in [3.05, 3.63) is 35.8 Å². The van der Waals surface area contributed by atoms with Crippen LogP contribution in [0.5, 0.6) is 0 Å². The Balaban J connectivity index is 2.45. The van der Waals surface area contributed by atoms with Gasteiger partial charge in [0, 0.05) is 30.8 Å². The van der Waals surface area contributed by atoms with Crippen LogP contribution in [0.3, 0.4) is 0 Å². The van der Waals surface area contributed by atoms with Crippen molar-refractivity contribution >= 4 is 10.9 Å². The zero-order valence-corrected chi connectivity index (χ0v) is 8.70. The molecule has 1 heterocycles. The lowest BCUT2D eigenvalue weighted by Crippen LogP contribution is -1.95. The Morgan fingerprint density at radius 2 is 2.20 bits per heavy atom. The van der Waals surface area contributed by atoms with Crippen molar-refractivity contribution in [3.63, 3.8) is 0 Å². The first-order chi connectivity index (χ1) is 7.22. The van der Waals surface area contributed by atoms with Crippen molar-refractivity contribution in [1.29, 1.82) is 0 Å². The van der Waals surface area contributed by atoms with E-state index in [4.69, 9.17) is 5.11 Å². The fourth-order valence-corrected chi connectivity index (χ4v) is 1.79. The maximum Gasteiger partial charge on any atom is 0.127 e. The molecule has 0 fully saturated rings. The molecule has 1 N–H and O–H groups in total. The summed E-state index contributed by atoms with van der Waals surface area (Å²) in [6.45, 7) is 0.102. The molecule has 0 aliphatic heterocycles. The van der Waals surface area contributed by atoms with Crippen LogP contribution in [-0.4, -0.2) is 16.3 Å². The Labute approximate surface area is 88.0 Å². The Kier molecular flexibility index (Phi) is 2.73. The van der Waals surface area contributed by atoms with Crippen LogP contribution in [0.4, 0.5) is 4.39 Å². The van der Waals surface area contributed by atoms with Gasteiger partial charge >= 0.3 is 0 Å². The minimum absolute atomic E-state index is 0.102. The molecule has 0 atom stereocenters. The lowest BCUT2D eigenvalue weighted by atomic mass is 10.1. The molecule has 0 aliphatic carbocycles. The van der Waals surface area contributed by atoms with Crippen molar-refractivity contribution in [2.45, 2.75) is 12.8 Å². The topological polar surface area (TPSA) is 25.2 Å². The number of aromatic nitrogens is 1. The second kappa shape index (κ2) is 4.03. The number of aryl methyl sites for hydroxylation is 2. The van der Waals surface area contributed by atoms with Crippen LogP contribution < -0.4 is 0 Å². The summed E-state index contributed by atoms with van der Waals surface area (Å²) in [7, 11) is 1.94. The molecule has 2 nitrogen and oxygen atoms in total. The molecule has 2 rings (SSSR count). The van der Waals surface area contributed by atoms with Gasteiger partial charge in [0.2, 0.25) is 0 Å². The average Bonchev–Trinajstić information content (AvgIpc) is 2.57. The summed E-state index contributed by atoms with van der Waals surface area (Å²) >= 11 is 0. The summed E-state index contributed by atoms with van der Waals surface area (Å²) < 4.78 is 15.5. The number of hydrogen-bond acceptors (Lipinski definition) is 1. The minimum Gasteiger partial charge on any atom is -0.396 e. The predicted octanol–water partition coefficient (Wildman–Crippen LogP) is 2.24. The van der Waals surface area contributed by atoms with Crippen molar-refractivity contribution in [3.8, 4) is 0 Å². The number of aliphatic hydroxyl groups excluding tert-OH is 1. The summed E-state index contributed by atoms with van der Waals surface area (Å²) in [6, 6.07) is 5.32. The molecule has 0 aliphatic rings. The van der Waals surface area contributed by atoms with Gasteiger partial charge in [-0.15, -0.1) is 0 Å². The Morgan fingerprint density at radius 3 is 2.93 bits per heavy atom. The van der Waals surface area contributed by atoms with Crippen molar-refractivity contribution in [2.24, 2.45) is 7.05 Å². The zero-order chi connectivity index (χ0) is 10.8. The molecule has 0 saturated heterocycles. The first-order valence-corrected chi connectivity index (χ1v) is 5.06. The summed E-state index contributed by atoms with van der Waals surface area (Å²) in [5, 5.41) is 9.64. The SMILES string of the molecule is Cn1ccc2cc(F)c(CCCO)cc21. The third kappa shape index (κ3) is 1.88. The van der Waals surface area contributed by atoms with Gasteiger partial charge in [-0.3, -0.25) is 0 Å². The zero-order valence-electron chi connectivity index (χ0n) is 8.70. The van der Waals surface area contributed by atoms with Crippen LogP contribution in [0.25, 0.3) is 10.9 Å². The van der Waals surface area contributed by atoms with Crippen LogP contribution in [0.1, 0.15) is 12.0 Å². The first-order valence-electron chi connectivity index (χ1n) is 5.06. The van der Waals surface area contributed by atoms with E-state index < -0.39 is 0 Å². The molecule has 2 aromatic rings. The highest BCUT2D eigenvalue weighted by Gasteiger charge is 2.06. The first kappa shape index (κ1) is 10.2. The van der Waals surface area contributed by atoms with Crippen LogP contribution in [0, 0.1) is 5.82 Å². The van der Waals surface area contributed by atoms with Crippen LogP contribution in [0.2, 0.25) is 0 Å². The molecule has 80 valence electrons. The second-order valence-electron chi connectivity index (χ2n) is 3.76. The van der Waals surface area contributed by atoms with Crippen molar-refractivity contribution < 1.29 is 9.50 Å². The number of benzene rings is 1. The van der Waals surface area contributed by atoms with Crippen LogP contribution in [-0.2, 0) is 13.5 Å². The normalized spacial score (nSPS) is 11.1. The van der Waals surface area contributed by atoms with Gasteiger partial charge < -0.3 is 9.67 Å². The molecule has 3 heteroatoms. The van der Waals surface area contributed by atoms with Crippen LogP contribution in [0.15, 0.2) is 24.4 Å². The quantitative estimate of drug-likeness (QED) is 0.820. The van der Waals surface area contributed by atoms with E-state index in [1.807, 2.05) is 29.9 Å². The van der Waals surface area contributed by atoms with E-state index in [1.54, 1.807) is 6.07 Å². The fraction of sp³-hybridized carbons (Fsp3) is 0.333. The standard InChI is InChI=1S/C12H14FNO/c1-14-5-4-10-7-11(13)9(3-2-6-15)8-12(10)14/h4-5,7-8,15H,2-3,6H2,1H3. The van der Waals surface area contributed by atoms with E-state index in [2.05, 4.69) is 0 Å². The van der Waals surface area contributed by atoms with Gasteiger partial charge in [0.1, 0.15) is 5.82 Å². The molecule has 1 aromatic carbocycles. The van der Waals surface area contributed by atoms with E-state index in [-0.39, 0.29) is 12.4 Å². The summed E-state index contributed by atoms with van der Waals surface area (Å²) in [5.41, 5.74) is 1.71. The monoisotopic (exact) mass is 207 g/mol. The highest BCUT2D eigenvalue weighted by Crippen LogP contribution is 2.20. The molecule has 0 spiro atoms. The third-order valence-corrected chi connectivity index (χ3v) is 2.66. The van der Waals surface area contributed by atoms with Gasteiger partial charge in [-0.05, 0) is 36.6 Å². The molecule has 0 amide bonds. The predicted molar refractivity (Wildman–Crippen MR) is 58.3 cm³/mol. The fourth-order valence-electron chi connectivity index (χ4n) is 1.79. The molecule has 0 radical (unpaired) electrons. The molecule has 0 unspecified atom stereocenters. The number of hydrogen-bond donors (Lipinski definition) is 1. The Morgan fingerprint density at radius 1 is 1.40 bits per heavy atom. The number of nitrogens with zero attached hydrogens (tertiary/aromatic N) is 1. The smallest absolute Gasteiger partial charge is 0.127 e. The Hall–Kier alpha value is -1.35. The second-order valence-corrected chi connectivity index (χ2v) is 3.76. The average molecular weight is 207 g/mol. The van der Waals surface area contributed by atoms with Gasteiger partial charge in [0.15, 0.2) is 0 Å². The number of halogens is 1. The number of rotatable bonds is 3. The van der Waals surface area contributed by atoms with Gasteiger partial charge in [-0.2, -0.15) is 0 Å². The summed E-state index contributed by atoms with van der Waals surface area (Å²) in [4.78, 5) is 0. The lowest BCUT2D eigenvalue weighted by molar-refractivity contribution is 0.288. The molecule has 1 aromatic heterocycles. The van der Waals surface area contributed by atoms with Crippen molar-refractivity contribution in [2.75, 3.05) is 6.61 Å². The van der Waals surface area contributed by atoms with Gasteiger partial charge in [0.05, 0.1) is 0 Å². The van der Waals surface area contributed by atoms with E-state index in [0.717, 1.165) is 10.9 Å². The van der Waals surface area contributed by atoms with E-state index in [9.17, 15) is 4.39 Å². The van der Waals surface area contributed by atoms with Gasteiger partial charge in [-0.25, -0.2) is 4.39 Å². The third-order valence-electron chi connectivity index (χ3n) is 2.66. The summed E-state index contributed by atoms with van der Waals surface area (Å²) in [5.74, 6) is -0.179. The van der Waals surface area contributed by atoms with Gasteiger partial charge in [-0.1, -0.05) is 0 Å². The number of fused-ring (bicyclic) bond motifs is 1. The van der Waals surface area contributed by atoms with Gasteiger partial charge in [0.25, 0.3) is 0 Å². The van der Waals surface area contributed by atoms with Crippen LogP contribution >= 0.6 is 0 Å².